The van der Waals surface area contributed by atoms with Crippen molar-refractivity contribution in [3.8, 4) is 0 Å². The van der Waals surface area contributed by atoms with Crippen molar-refractivity contribution >= 4 is 0 Å². The predicted molar refractivity (Wildman–Crippen MR) is 76.4 cm³/mol. The molecule has 1 saturated carbocycles. The summed E-state index contributed by atoms with van der Waals surface area (Å²) < 4.78 is 0. The van der Waals surface area contributed by atoms with Gasteiger partial charge in [-0.2, -0.15) is 0 Å². The number of hydrogen-bond donors (Lipinski definition) is 1. The summed E-state index contributed by atoms with van der Waals surface area (Å²) in [7, 11) is 2.26. The summed E-state index contributed by atoms with van der Waals surface area (Å²) >= 11 is 0. The van der Waals surface area contributed by atoms with E-state index >= 15 is 0 Å². The molecule has 0 aromatic rings. The first-order valence-electron chi connectivity index (χ1n) is 7.47. The molecule has 0 heterocycles. The number of nitrogens with zero attached hydrogens (tertiary/aromatic N) is 1. The van der Waals surface area contributed by atoms with E-state index in [0.717, 1.165) is 18.5 Å². The molecule has 0 aromatic heterocycles. The van der Waals surface area contributed by atoms with Crippen molar-refractivity contribution in [1.82, 2.24) is 10.2 Å². The van der Waals surface area contributed by atoms with Crippen LogP contribution in [-0.2, 0) is 0 Å². The number of nitrogens with one attached hydrogen (secondary N) is 1. The van der Waals surface area contributed by atoms with Crippen LogP contribution in [0.5, 0.6) is 0 Å². The van der Waals surface area contributed by atoms with Crippen LogP contribution >= 0.6 is 0 Å². The van der Waals surface area contributed by atoms with E-state index in [2.05, 4.69) is 45.0 Å². The van der Waals surface area contributed by atoms with Gasteiger partial charge in [0.2, 0.25) is 0 Å². The van der Waals surface area contributed by atoms with E-state index in [9.17, 15) is 0 Å². The van der Waals surface area contributed by atoms with Crippen molar-refractivity contribution in [2.45, 2.75) is 77.9 Å². The summed E-state index contributed by atoms with van der Waals surface area (Å²) in [5.74, 6) is 0.733. The highest BCUT2D eigenvalue weighted by Gasteiger charge is 2.20. The lowest BCUT2D eigenvalue weighted by Crippen LogP contribution is -2.46. The van der Waals surface area contributed by atoms with Gasteiger partial charge in [-0.1, -0.05) is 33.1 Å². The van der Waals surface area contributed by atoms with Crippen molar-refractivity contribution < 1.29 is 0 Å². The minimum atomic E-state index is 0.634. The van der Waals surface area contributed by atoms with Crippen LogP contribution in [0.25, 0.3) is 0 Å². The maximum atomic E-state index is 3.75. The average Bonchev–Trinajstić information content (AvgIpc) is 2.35. The van der Waals surface area contributed by atoms with Gasteiger partial charge in [0.25, 0.3) is 0 Å². The molecule has 0 bridgehead atoms. The van der Waals surface area contributed by atoms with Crippen molar-refractivity contribution in [2.75, 3.05) is 13.6 Å². The normalized spacial score (nSPS) is 22.1. The minimum absolute atomic E-state index is 0.634. The molecule has 2 nitrogen and oxygen atoms in total. The molecule has 0 aromatic carbocycles. The topological polar surface area (TPSA) is 15.3 Å². The lowest BCUT2D eigenvalue weighted by Gasteiger charge is -2.34. The molecule has 0 aliphatic heterocycles. The first kappa shape index (κ1) is 15.0. The Labute approximate surface area is 108 Å². The van der Waals surface area contributed by atoms with Gasteiger partial charge in [0.05, 0.1) is 0 Å². The van der Waals surface area contributed by atoms with Crippen molar-refractivity contribution in [2.24, 2.45) is 5.92 Å². The Morgan fingerprint density at radius 2 is 1.65 bits per heavy atom. The zero-order valence-corrected chi connectivity index (χ0v) is 12.5. The van der Waals surface area contributed by atoms with Gasteiger partial charge in [0, 0.05) is 24.7 Å². The van der Waals surface area contributed by atoms with Crippen LogP contribution in [0.3, 0.4) is 0 Å². The van der Waals surface area contributed by atoms with E-state index < -0.39 is 0 Å². The average molecular weight is 240 g/mol. The van der Waals surface area contributed by atoms with Gasteiger partial charge >= 0.3 is 0 Å². The van der Waals surface area contributed by atoms with Crippen LogP contribution in [0.2, 0.25) is 0 Å². The van der Waals surface area contributed by atoms with Crippen molar-refractivity contribution in [1.29, 1.82) is 0 Å². The maximum Gasteiger partial charge on any atom is 0.0192 e. The summed E-state index contributed by atoms with van der Waals surface area (Å²) in [6.07, 6.45) is 7.05. The Kier molecular flexibility index (Phi) is 6.50. The fourth-order valence-electron chi connectivity index (χ4n) is 2.66. The van der Waals surface area contributed by atoms with E-state index in [-0.39, 0.29) is 0 Å². The molecular formula is C15H32N2. The van der Waals surface area contributed by atoms with Gasteiger partial charge in [-0.05, 0) is 39.7 Å². The van der Waals surface area contributed by atoms with Crippen molar-refractivity contribution in [3.63, 3.8) is 0 Å². The largest absolute Gasteiger partial charge is 0.312 e. The van der Waals surface area contributed by atoms with E-state index in [0.29, 0.717) is 12.1 Å². The fraction of sp³-hybridized carbons (Fsp3) is 1.00. The van der Waals surface area contributed by atoms with E-state index in [1.165, 1.54) is 32.1 Å². The Hall–Kier alpha value is -0.0800. The summed E-state index contributed by atoms with van der Waals surface area (Å²) in [5.41, 5.74) is 0. The Bertz CT molecular complexity index is 197. The van der Waals surface area contributed by atoms with Crippen LogP contribution in [0.4, 0.5) is 0 Å². The third kappa shape index (κ3) is 4.97. The molecule has 2 heteroatoms. The van der Waals surface area contributed by atoms with E-state index in [1.807, 2.05) is 0 Å². The van der Waals surface area contributed by atoms with Crippen LogP contribution in [0, 0.1) is 5.92 Å². The standard InChI is InChI=1S/C15H32N2/c1-12(2)14(4)17(5)13(3)11-16-15-9-7-6-8-10-15/h12-16H,6-11H2,1-5H3. The molecule has 2 unspecified atom stereocenters. The molecule has 1 rings (SSSR count). The van der Waals surface area contributed by atoms with Crippen molar-refractivity contribution in [3.05, 3.63) is 0 Å². The Balaban J connectivity index is 2.25. The lowest BCUT2D eigenvalue weighted by molar-refractivity contribution is 0.151. The van der Waals surface area contributed by atoms with Gasteiger partial charge in [-0.25, -0.2) is 0 Å². The van der Waals surface area contributed by atoms with Crippen LogP contribution < -0.4 is 5.32 Å². The molecule has 0 spiro atoms. The smallest absolute Gasteiger partial charge is 0.0192 e. The van der Waals surface area contributed by atoms with Gasteiger partial charge in [0.15, 0.2) is 0 Å². The molecular weight excluding hydrogens is 208 g/mol. The zero-order valence-electron chi connectivity index (χ0n) is 12.5. The minimum Gasteiger partial charge on any atom is -0.312 e. The van der Waals surface area contributed by atoms with Gasteiger partial charge in [0.1, 0.15) is 0 Å². The number of rotatable bonds is 6. The van der Waals surface area contributed by atoms with Crippen LogP contribution in [0.15, 0.2) is 0 Å². The molecule has 0 amide bonds. The first-order valence-corrected chi connectivity index (χ1v) is 7.47. The molecule has 1 N–H and O–H groups in total. The Morgan fingerprint density at radius 1 is 1.06 bits per heavy atom. The maximum absolute atomic E-state index is 3.75. The molecule has 1 aliphatic carbocycles. The third-order valence-electron chi connectivity index (χ3n) is 4.61. The summed E-state index contributed by atoms with van der Waals surface area (Å²) in [4.78, 5) is 2.51. The molecule has 1 aliphatic rings. The highest BCUT2D eigenvalue weighted by Crippen LogP contribution is 2.17. The SMILES string of the molecule is CC(C)C(C)N(C)C(C)CNC1CCCCC1. The molecule has 102 valence electrons. The quantitative estimate of drug-likeness (QED) is 0.766. The second-order valence-electron chi connectivity index (χ2n) is 6.24. The van der Waals surface area contributed by atoms with Crippen LogP contribution in [-0.4, -0.2) is 36.6 Å². The second-order valence-corrected chi connectivity index (χ2v) is 6.24. The lowest BCUT2D eigenvalue weighted by atomic mass is 9.95. The summed E-state index contributed by atoms with van der Waals surface area (Å²) in [6, 6.07) is 2.08. The molecule has 17 heavy (non-hydrogen) atoms. The van der Waals surface area contributed by atoms with Gasteiger partial charge in [-0.3, -0.25) is 4.90 Å². The number of hydrogen-bond acceptors (Lipinski definition) is 2. The summed E-state index contributed by atoms with van der Waals surface area (Å²) in [5, 5.41) is 3.75. The highest BCUT2D eigenvalue weighted by atomic mass is 15.2. The van der Waals surface area contributed by atoms with Crippen LogP contribution in [0.1, 0.15) is 59.8 Å². The predicted octanol–water partition coefficient (Wildman–Crippen LogP) is 3.27. The fourth-order valence-corrected chi connectivity index (χ4v) is 2.66. The monoisotopic (exact) mass is 240 g/mol. The molecule has 1 fully saturated rings. The van der Waals surface area contributed by atoms with E-state index in [1.54, 1.807) is 0 Å². The summed E-state index contributed by atoms with van der Waals surface area (Å²) in [6.45, 7) is 10.4. The zero-order chi connectivity index (χ0) is 12.8. The van der Waals surface area contributed by atoms with E-state index in [4.69, 9.17) is 0 Å². The second kappa shape index (κ2) is 7.38. The third-order valence-corrected chi connectivity index (χ3v) is 4.61. The Morgan fingerprint density at radius 3 is 2.18 bits per heavy atom. The first-order chi connectivity index (χ1) is 8.02. The highest BCUT2D eigenvalue weighted by molar-refractivity contribution is 4.78. The molecule has 0 saturated heterocycles. The molecule has 2 atom stereocenters. The molecule has 0 radical (unpaired) electrons. The number of likely N-dealkylation sites (N-methyl/N-ethyl adjacent to an activating group) is 1. The van der Waals surface area contributed by atoms with Gasteiger partial charge in [-0.15, -0.1) is 0 Å². The van der Waals surface area contributed by atoms with Gasteiger partial charge < -0.3 is 5.32 Å².